The van der Waals surface area contributed by atoms with E-state index in [1.807, 2.05) is 0 Å². The smallest absolute Gasteiger partial charge is 0.319 e. The Morgan fingerprint density at radius 1 is 1.39 bits per heavy atom. The molecule has 2 N–H and O–H groups in total. The van der Waals surface area contributed by atoms with Crippen molar-refractivity contribution in [2.75, 3.05) is 11.6 Å². The third-order valence-electron chi connectivity index (χ3n) is 3.02. The Morgan fingerprint density at radius 2 is 2.06 bits per heavy atom. The molecule has 18 heavy (non-hydrogen) atoms. The number of hydrogen-bond donors (Lipinski definition) is 2. The summed E-state index contributed by atoms with van der Waals surface area (Å²) >= 11 is 0. The zero-order valence-electron chi connectivity index (χ0n) is 9.80. The van der Waals surface area contributed by atoms with Crippen LogP contribution in [0.4, 0.5) is 5.69 Å². The first-order valence-electron chi connectivity index (χ1n) is 5.44. The second-order valence-corrected chi connectivity index (χ2v) is 5.70. The average Bonchev–Trinajstić information content (AvgIpc) is 3.10. The summed E-state index contributed by atoms with van der Waals surface area (Å²) in [5.41, 5.74) is -0.790. The van der Waals surface area contributed by atoms with Crippen molar-refractivity contribution in [1.29, 1.82) is 0 Å². The van der Waals surface area contributed by atoms with Gasteiger partial charge in [-0.1, -0.05) is 6.07 Å². The van der Waals surface area contributed by atoms with Crippen LogP contribution in [0, 0.1) is 5.41 Å². The van der Waals surface area contributed by atoms with Crippen LogP contribution in [0.2, 0.25) is 0 Å². The van der Waals surface area contributed by atoms with E-state index in [1.54, 1.807) is 30.5 Å². The fraction of sp³-hybridized carbons (Fsp3) is 0.333. The van der Waals surface area contributed by atoms with Gasteiger partial charge in [-0.15, -0.1) is 0 Å². The van der Waals surface area contributed by atoms with E-state index in [0.29, 0.717) is 23.4 Å². The van der Waals surface area contributed by atoms with E-state index in [2.05, 4.69) is 5.32 Å². The molecule has 1 fully saturated rings. The topological polar surface area (TPSA) is 83.5 Å². The predicted octanol–water partition coefficient (Wildman–Crippen LogP) is 1.23. The maximum Gasteiger partial charge on any atom is 0.319 e. The van der Waals surface area contributed by atoms with Crippen molar-refractivity contribution in [3.8, 4) is 0 Å². The Balaban J connectivity index is 2.15. The number of carbonyl (C=O) groups excluding carboxylic acids is 1. The van der Waals surface area contributed by atoms with E-state index in [9.17, 15) is 13.8 Å². The summed E-state index contributed by atoms with van der Waals surface area (Å²) in [6, 6.07) is 6.60. The average molecular weight is 267 g/mol. The molecular formula is C12H13NO4S. The number of amides is 1. The van der Waals surface area contributed by atoms with Crippen molar-refractivity contribution < 1.29 is 18.9 Å². The van der Waals surface area contributed by atoms with Crippen molar-refractivity contribution in [3.63, 3.8) is 0 Å². The lowest BCUT2D eigenvalue weighted by atomic mass is 10.1. The normalized spacial score (nSPS) is 17.8. The van der Waals surface area contributed by atoms with Gasteiger partial charge in [0.2, 0.25) is 5.91 Å². The molecule has 6 heteroatoms. The monoisotopic (exact) mass is 267 g/mol. The molecule has 1 amide bonds. The van der Waals surface area contributed by atoms with Crippen LogP contribution >= 0.6 is 0 Å². The molecule has 96 valence electrons. The van der Waals surface area contributed by atoms with Crippen molar-refractivity contribution in [2.45, 2.75) is 17.7 Å². The van der Waals surface area contributed by atoms with Crippen LogP contribution < -0.4 is 5.32 Å². The van der Waals surface area contributed by atoms with E-state index in [-0.39, 0.29) is 0 Å². The SMILES string of the molecule is CS(=O)c1cccc(NC(=O)C2(C(=O)O)CC2)c1. The van der Waals surface area contributed by atoms with Gasteiger partial charge < -0.3 is 10.4 Å². The lowest BCUT2D eigenvalue weighted by Gasteiger charge is -2.11. The van der Waals surface area contributed by atoms with E-state index in [4.69, 9.17) is 5.11 Å². The van der Waals surface area contributed by atoms with Crippen molar-refractivity contribution in [1.82, 2.24) is 0 Å². The molecule has 0 spiro atoms. The van der Waals surface area contributed by atoms with Gasteiger partial charge in [0.05, 0.1) is 0 Å². The minimum atomic E-state index is -1.26. The zero-order valence-corrected chi connectivity index (χ0v) is 10.6. The molecule has 0 radical (unpaired) electrons. The summed E-state index contributed by atoms with van der Waals surface area (Å²) in [6.45, 7) is 0. The van der Waals surface area contributed by atoms with Crippen LogP contribution in [0.1, 0.15) is 12.8 Å². The summed E-state index contributed by atoms with van der Waals surface area (Å²) in [7, 11) is -1.14. The molecule has 0 aromatic heterocycles. The van der Waals surface area contributed by atoms with Crippen LogP contribution in [0.5, 0.6) is 0 Å². The largest absolute Gasteiger partial charge is 0.480 e. The van der Waals surface area contributed by atoms with Crippen molar-refractivity contribution in [3.05, 3.63) is 24.3 Å². The summed E-state index contributed by atoms with van der Waals surface area (Å²) in [5, 5.41) is 11.6. The number of carbonyl (C=O) groups is 2. The molecule has 1 saturated carbocycles. The van der Waals surface area contributed by atoms with E-state index >= 15 is 0 Å². The molecule has 5 nitrogen and oxygen atoms in total. The number of nitrogens with one attached hydrogen (secondary N) is 1. The van der Waals surface area contributed by atoms with Gasteiger partial charge in [0, 0.05) is 27.6 Å². The highest BCUT2D eigenvalue weighted by atomic mass is 32.2. The zero-order chi connectivity index (χ0) is 13.3. The molecule has 0 heterocycles. The fourth-order valence-corrected chi connectivity index (χ4v) is 2.23. The molecule has 2 rings (SSSR count). The summed E-state index contributed by atoms with van der Waals surface area (Å²) < 4.78 is 11.3. The molecule has 1 aromatic rings. The Kier molecular flexibility index (Phi) is 3.21. The lowest BCUT2D eigenvalue weighted by molar-refractivity contribution is -0.147. The highest BCUT2D eigenvalue weighted by molar-refractivity contribution is 7.84. The highest BCUT2D eigenvalue weighted by Crippen LogP contribution is 2.46. The number of benzene rings is 1. The number of carboxylic acid groups (broad SMARTS) is 1. The Bertz CT molecular complexity index is 537. The molecule has 0 aliphatic heterocycles. The van der Waals surface area contributed by atoms with Crippen LogP contribution in [-0.4, -0.2) is 27.4 Å². The van der Waals surface area contributed by atoms with Gasteiger partial charge >= 0.3 is 5.97 Å². The first kappa shape index (κ1) is 12.8. The molecule has 1 atom stereocenters. The number of hydrogen-bond acceptors (Lipinski definition) is 3. The number of aliphatic carboxylic acids is 1. The second-order valence-electron chi connectivity index (χ2n) is 4.32. The van der Waals surface area contributed by atoms with Gasteiger partial charge in [-0.2, -0.15) is 0 Å². The summed E-state index contributed by atoms with van der Waals surface area (Å²) in [5.74, 6) is -1.59. The third-order valence-corrected chi connectivity index (χ3v) is 3.94. The molecule has 0 saturated heterocycles. The van der Waals surface area contributed by atoms with E-state index < -0.39 is 28.1 Å². The van der Waals surface area contributed by atoms with Gasteiger partial charge in [-0.25, -0.2) is 0 Å². The quantitative estimate of drug-likeness (QED) is 0.804. The van der Waals surface area contributed by atoms with Gasteiger partial charge in [0.15, 0.2) is 0 Å². The number of anilines is 1. The molecule has 1 aromatic carbocycles. The Labute approximate surface area is 107 Å². The van der Waals surface area contributed by atoms with Crippen molar-refractivity contribution >= 4 is 28.4 Å². The summed E-state index contributed by atoms with van der Waals surface area (Å²) in [6.07, 6.45) is 2.28. The van der Waals surface area contributed by atoms with Crippen LogP contribution in [0.3, 0.4) is 0 Å². The summed E-state index contributed by atoms with van der Waals surface area (Å²) in [4.78, 5) is 23.4. The molecule has 1 unspecified atom stereocenters. The van der Waals surface area contributed by atoms with Gasteiger partial charge in [-0.05, 0) is 31.0 Å². The third kappa shape index (κ3) is 2.28. The van der Waals surface area contributed by atoms with Gasteiger partial charge in [-0.3, -0.25) is 13.8 Å². The Hall–Kier alpha value is -1.69. The minimum absolute atomic E-state index is 0.369. The van der Waals surface area contributed by atoms with Gasteiger partial charge in [0.1, 0.15) is 5.41 Å². The highest BCUT2D eigenvalue weighted by Gasteiger charge is 2.57. The standard InChI is InChI=1S/C12H13NO4S/c1-18(17)9-4-2-3-8(7-9)13-10(14)12(5-6-12)11(15)16/h2-4,7H,5-6H2,1H3,(H,13,14)(H,15,16). The second kappa shape index (κ2) is 4.53. The molecule has 1 aliphatic carbocycles. The number of carboxylic acids is 1. The predicted molar refractivity (Wildman–Crippen MR) is 66.7 cm³/mol. The Morgan fingerprint density at radius 3 is 2.56 bits per heavy atom. The fourth-order valence-electron chi connectivity index (χ4n) is 1.67. The minimum Gasteiger partial charge on any atom is -0.480 e. The van der Waals surface area contributed by atoms with E-state index in [1.165, 1.54) is 0 Å². The van der Waals surface area contributed by atoms with Gasteiger partial charge in [0.25, 0.3) is 0 Å². The maximum atomic E-state index is 11.9. The molecule has 0 bridgehead atoms. The molecule has 1 aliphatic rings. The first-order chi connectivity index (χ1) is 8.45. The van der Waals surface area contributed by atoms with Crippen LogP contribution in [-0.2, 0) is 20.4 Å². The molecular weight excluding hydrogens is 254 g/mol. The van der Waals surface area contributed by atoms with E-state index in [0.717, 1.165) is 0 Å². The maximum absolute atomic E-state index is 11.9. The van der Waals surface area contributed by atoms with Crippen LogP contribution in [0.25, 0.3) is 0 Å². The van der Waals surface area contributed by atoms with Crippen LogP contribution in [0.15, 0.2) is 29.2 Å². The number of rotatable bonds is 4. The first-order valence-corrected chi connectivity index (χ1v) is 7.00. The lowest BCUT2D eigenvalue weighted by Crippen LogP contribution is -2.31. The van der Waals surface area contributed by atoms with Crippen molar-refractivity contribution in [2.24, 2.45) is 5.41 Å².